The fourth-order valence-corrected chi connectivity index (χ4v) is 2.96. The fourth-order valence-electron chi connectivity index (χ4n) is 2.96. The van der Waals surface area contributed by atoms with Crippen molar-refractivity contribution in [3.8, 4) is 12.8 Å². The van der Waals surface area contributed by atoms with Crippen molar-refractivity contribution in [1.82, 2.24) is 10.2 Å². The highest BCUT2D eigenvalue weighted by Gasteiger charge is 2.24. The molecule has 0 bridgehead atoms. The summed E-state index contributed by atoms with van der Waals surface area (Å²) in [6, 6.07) is 16.7. The van der Waals surface area contributed by atoms with Crippen LogP contribution in [-0.4, -0.2) is 54.3 Å². The van der Waals surface area contributed by atoms with E-state index in [9.17, 15) is 14.7 Å². The molecular weight excluding hydrogens is 466 g/mol. The molecule has 2 aromatic rings. The van der Waals surface area contributed by atoms with Crippen LogP contribution in [0.15, 0.2) is 54.6 Å². The molecule has 0 fully saturated rings. The standard InChI is InChI=1S/C24H33N3O4.2C2H6.C2H2/c1-24(2,3)31-23(30)27(17-21(28)19-8-6-5-7-9-19)15-14-18-10-12-20(13-11-18)26-22(29)16-25-4;3*1-2/h5-13,21,25,28H,14-17H2,1-4H3,(H,26,29);2*1-2H3;1-2H/t21-;;;/m0.../s1. The highest BCUT2D eigenvalue weighted by molar-refractivity contribution is 5.92. The third kappa shape index (κ3) is 16.1. The molecule has 2 rings (SSSR count). The van der Waals surface area contributed by atoms with Crippen molar-refractivity contribution in [2.24, 2.45) is 0 Å². The topological polar surface area (TPSA) is 90.9 Å². The molecule has 3 N–H and O–H groups in total. The van der Waals surface area contributed by atoms with E-state index in [1.807, 2.05) is 103 Å². The predicted molar refractivity (Wildman–Crippen MR) is 154 cm³/mol. The fraction of sp³-hybridized carbons (Fsp3) is 0.467. The average Bonchev–Trinajstić information content (AvgIpc) is 2.90. The largest absolute Gasteiger partial charge is 0.444 e. The summed E-state index contributed by atoms with van der Waals surface area (Å²) in [7, 11) is 1.72. The van der Waals surface area contributed by atoms with Gasteiger partial charge in [0.05, 0.1) is 19.2 Å². The first kappa shape index (κ1) is 35.8. The van der Waals surface area contributed by atoms with Gasteiger partial charge in [-0.3, -0.25) is 4.79 Å². The van der Waals surface area contributed by atoms with Crippen molar-refractivity contribution in [3.63, 3.8) is 0 Å². The summed E-state index contributed by atoms with van der Waals surface area (Å²) < 4.78 is 5.53. The van der Waals surface area contributed by atoms with E-state index in [0.29, 0.717) is 18.7 Å². The number of terminal acetylenes is 1. The van der Waals surface area contributed by atoms with Crippen molar-refractivity contribution in [2.75, 3.05) is 32.0 Å². The molecular formula is C30H47N3O4. The molecule has 0 heterocycles. The predicted octanol–water partition coefficient (Wildman–Crippen LogP) is 5.66. The Kier molecular flexibility index (Phi) is 20.1. The molecule has 7 heteroatoms. The highest BCUT2D eigenvalue weighted by Crippen LogP contribution is 2.18. The quantitative estimate of drug-likeness (QED) is 0.377. The van der Waals surface area contributed by atoms with Crippen LogP contribution in [0.25, 0.3) is 0 Å². The number of likely N-dealkylation sites (N-methyl/N-ethyl adjacent to an activating group) is 1. The normalized spacial score (nSPS) is 10.6. The van der Waals surface area contributed by atoms with E-state index in [2.05, 4.69) is 23.5 Å². The van der Waals surface area contributed by atoms with E-state index in [1.165, 1.54) is 4.90 Å². The number of carbonyl (C=O) groups excluding carboxylic acids is 2. The van der Waals surface area contributed by atoms with Crippen LogP contribution in [0.4, 0.5) is 10.5 Å². The zero-order chi connectivity index (χ0) is 28.9. The maximum absolute atomic E-state index is 12.7. The van der Waals surface area contributed by atoms with Gasteiger partial charge in [0.1, 0.15) is 5.60 Å². The third-order valence-electron chi connectivity index (χ3n) is 4.47. The summed E-state index contributed by atoms with van der Waals surface area (Å²) in [6.07, 6.45) is 7.32. The Bertz CT molecular complexity index is 875. The number of hydrogen-bond donors (Lipinski definition) is 3. The number of anilines is 1. The summed E-state index contributed by atoms with van der Waals surface area (Å²) in [5, 5.41) is 16.2. The maximum Gasteiger partial charge on any atom is 0.410 e. The lowest BCUT2D eigenvalue weighted by atomic mass is 10.1. The minimum atomic E-state index is -0.807. The first-order valence-corrected chi connectivity index (χ1v) is 12.8. The van der Waals surface area contributed by atoms with Crippen LogP contribution in [0.1, 0.15) is 65.7 Å². The Morgan fingerprint density at radius 2 is 1.51 bits per heavy atom. The number of amides is 2. The summed E-state index contributed by atoms with van der Waals surface area (Å²) in [5.74, 6) is -0.110. The zero-order valence-corrected chi connectivity index (χ0v) is 23.9. The SMILES string of the molecule is C#C.CC.CC.CNCC(=O)Nc1ccc(CCN(C[C@H](O)c2ccccc2)C(=O)OC(C)(C)C)cc1. The summed E-state index contributed by atoms with van der Waals surface area (Å²) in [4.78, 5) is 25.9. The van der Waals surface area contributed by atoms with Crippen LogP contribution in [0.2, 0.25) is 0 Å². The number of benzene rings is 2. The van der Waals surface area contributed by atoms with Crippen molar-refractivity contribution in [2.45, 2.75) is 66.6 Å². The Morgan fingerprint density at radius 3 is 2.00 bits per heavy atom. The van der Waals surface area contributed by atoms with Gasteiger partial charge in [-0.15, -0.1) is 12.8 Å². The second-order valence-electron chi connectivity index (χ2n) is 8.38. The van der Waals surface area contributed by atoms with E-state index in [0.717, 1.165) is 11.1 Å². The molecule has 37 heavy (non-hydrogen) atoms. The van der Waals surface area contributed by atoms with Crippen LogP contribution >= 0.6 is 0 Å². The first-order valence-electron chi connectivity index (χ1n) is 12.8. The number of hydrogen-bond acceptors (Lipinski definition) is 5. The van der Waals surface area contributed by atoms with Gasteiger partial charge >= 0.3 is 6.09 Å². The van der Waals surface area contributed by atoms with E-state index >= 15 is 0 Å². The van der Waals surface area contributed by atoms with Gasteiger partial charge in [-0.25, -0.2) is 4.79 Å². The number of rotatable bonds is 9. The number of nitrogens with one attached hydrogen (secondary N) is 2. The molecule has 0 aliphatic rings. The van der Waals surface area contributed by atoms with Crippen molar-refractivity contribution >= 4 is 17.7 Å². The van der Waals surface area contributed by atoms with Gasteiger partial charge in [0, 0.05) is 12.2 Å². The van der Waals surface area contributed by atoms with E-state index in [1.54, 1.807) is 7.05 Å². The van der Waals surface area contributed by atoms with Crippen LogP contribution in [0.5, 0.6) is 0 Å². The van der Waals surface area contributed by atoms with Gasteiger partial charge in [-0.05, 0) is 57.5 Å². The molecule has 2 aromatic carbocycles. The molecule has 2 amide bonds. The average molecular weight is 514 g/mol. The van der Waals surface area contributed by atoms with Gasteiger partial charge in [0.15, 0.2) is 0 Å². The molecule has 0 spiro atoms. The van der Waals surface area contributed by atoms with Crippen molar-refractivity contribution in [3.05, 3.63) is 65.7 Å². The maximum atomic E-state index is 12.7. The molecule has 0 aromatic heterocycles. The molecule has 0 unspecified atom stereocenters. The van der Waals surface area contributed by atoms with E-state index in [-0.39, 0.29) is 19.0 Å². The third-order valence-corrected chi connectivity index (χ3v) is 4.47. The Balaban J connectivity index is 0. The lowest BCUT2D eigenvalue weighted by molar-refractivity contribution is -0.115. The number of aliphatic hydroxyl groups is 1. The highest BCUT2D eigenvalue weighted by atomic mass is 16.6. The second kappa shape index (κ2) is 20.8. The Morgan fingerprint density at radius 1 is 0.973 bits per heavy atom. The van der Waals surface area contributed by atoms with Gasteiger partial charge in [0.2, 0.25) is 5.91 Å². The minimum Gasteiger partial charge on any atom is -0.444 e. The van der Waals surface area contributed by atoms with Crippen LogP contribution in [0.3, 0.4) is 0 Å². The van der Waals surface area contributed by atoms with Gasteiger partial charge in [-0.1, -0.05) is 70.2 Å². The van der Waals surface area contributed by atoms with Gasteiger partial charge in [-0.2, -0.15) is 0 Å². The van der Waals surface area contributed by atoms with Gasteiger partial charge in [0.25, 0.3) is 0 Å². The molecule has 0 saturated heterocycles. The number of ether oxygens (including phenoxy) is 1. The number of aliphatic hydroxyl groups excluding tert-OH is 1. The molecule has 0 aliphatic carbocycles. The number of carbonyl (C=O) groups is 2. The van der Waals surface area contributed by atoms with E-state index in [4.69, 9.17) is 4.74 Å². The molecule has 0 radical (unpaired) electrons. The van der Waals surface area contributed by atoms with Crippen molar-refractivity contribution in [1.29, 1.82) is 0 Å². The number of nitrogens with zero attached hydrogens (tertiary/aromatic N) is 1. The lowest BCUT2D eigenvalue weighted by Gasteiger charge is -2.29. The second-order valence-corrected chi connectivity index (χ2v) is 8.38. The van der Waals surface area contributed by atoms with Gasteiger partial charge < -0.3 is 25.4 Å². The first-order chi connectivity index (χ1) is 17.7. The van der Waals surface area contributed by atoms with Crippen LogP contribution in [-0.2, 0) is 16.0 Å². The minimum absolute atomic E-state index is 0.110. The van der Waals surface area contributed by atoms with Crippen molar-refractivity contribution < 1.29 is 19.4 Å². The molecule has 206 valence electrons. The smallest absolute Gasteiger partial charge is 0.410 e. The molecule has 1 atom stereocenters. The van der Waals surface area contributed by atoms with Crippen LogP contribution in [0, 0.1) is 12.8 Å². The Hall–Kier alpha value is -3.34. The summed E-state index contributed by atoms with van der Waals surface area (Å²) in [5.41, 5.74) is 1.85. The Labute approximate surface area is 224 Å². The molecule has 0 saturated carbocycles. The monoisotopic (exact) mass is 513 g/mol. The zero-order valence-electron chi connectivity index (χ0n) is 23.9. The summed E-state index contributed by atoms with van der Waals surface area (Å²) in [6.45, 7) is 14.2. The molecule has 7 nitrogen and oxygen atoms in total. The molecule has 0 aliphatic heterocycles. The summed E-state index contributed by atoms with van der Waals surface area (Å²) >= 11 is 0. The van der Waals surface area contributed by atoms with E-state index < -0.39 is 17.8 Å². The lowest BCUT2D eigenvalue weighted by Crippen LogP contribution is -2.40. The van der Waals surface area contributed by atoms with Crippen LogP contribution < -0.4 is 10.6 Å².